The van der Waals surface area contributed by atoms with Gasteiger partial charge in [-0.25, -0.2) is 9.97 Å². The van der Waals surface area contributed by atoms with Crippen molar-refractivity contribution in [1.82, 2.24) is 24.4 Å². The van der Waals surface area contributed by atoms with E-state index in [2.05, 4.69) is 15.3 Å². The maximum absolute atomic E-state index is 13.3. The van der Waals surface area contributed by atoms with Crippen LogP contribution < -0.4 is 15.6 Å². The van der Waals surface area contributed by atoms with Gasteiger partial charge < -0.3 is 15.0 Å². The van der Waals surface area contributed by atoms with Crippen molar-refractivity contribution < 1.29 is 9.53 Å². The fourth-order valence-electron chi connectivity index (χ4n) is 4.31. The van der Waals surface area contributed by atoms with Crippen molar-refractivity contribution in [2.75, 3.05) is 32.6 Å². The van der Waals surface area contributed by atoms with E-state index in [-0.39, 0.29) is 22.9 Å². The van der Waals surface area contributed by atoms with Crippen LogP contribution in [0, 0.1) is 6.92 Å². The van der Waals surface area contributed by atoms with E-state index in [9.17, 15) is 9.59 Å². The summed E-state index contributed by atoms with van der Waals surface area (Å²) in [6, 6.07) is 3.68. The third-order valence-corrected chi connectivity index (χ3v) is 6.03. The molecule has 3 aromatic rings. The summed E-state index contributed by atoms with van der Waals surface area (Å²) >= 11 is 0. The summed E-state index contributed by atoms with van der Waals surface area (Å²) in [5.41, 5.74) is 1.87. The van der Waals surface area contributed by atoms with Crippen LogP contribution in [0.3, 0.4) is 0 Å². The Morgan fingerprint density at radius 3 is 2.61 bits per heavy atom. The van der Waals surface area contributed by atoms with E-state index in [4.69, 9.17) is 9.72 Å². The Morgan fingerprint density at radius 2 is 1.97 bits per heavy atom. The smallest absolute Gasteiger partial charge is 0.263 e. The molecule has 174 valence electrons. The predicted molar refractivity (Wildman–Crippen MR) is 128 cm³/mol. The largest absolute Gasteiger partial charge is 0.476 e. The lowest BCUT2D eigenvalue weighted by Gasteiger charge is -2.19. The molecule has 9 heteroatoms. The lowest BCUT2D eigenvalue weighted by atomic mass is 10.0. The molecule has 0 spiro atoms. The van der Waals surface area contributed by atoms with E-state index < -0.39 is 0 Å². The molecule has 33 heavy (non-hydrogen) atoms. The number of hydrogen-bond acceptors (Lipinski definition) is 8. The third kappa shape index (κ3) is 4.88. The minimum absolute atomic E-state index is 0.0433. The Hall–Kier alpha value is -3.33. The van der Waals surface area contributed by atoms with Gasteiger partial charge >= 0.3 is 0 Å². The first-order valence-electron chi connectivity index (χ1n) is 11.3. The highest BCUT2D eigenvalue weighted by atomic mass is 16.5. The van der Waals surface area contributed by atoms with Crippen LogP contribution in [0.15, 0.2) is 29.3 Å². The van der Waals surface area contributed by atoms with E-state index in [1.165, 1.54) is 6.92 Å². The highest BCUT2D eigenvalue weighted by Gasteiger charge is 2.25. The molecule has 4 rings (SSSR count). The molecule has 0 atom stereocenters. The Bertz CT molecular complexity index is 1210. The third-order valence-electron chi connectivity index (χ3n) is 6.03. The summed E-state index contributed by atoms with van der Waals surface area (Å²) in [5, 5.41) is 3.88. The van der Waals surface area contributed by atoms with Gasteiger partial charge in [0, 0.05) is 30.2 Å². The van der Waals surface area contributed by atoms with Crippen molar-refractivity contribution in [3.8, 4) is 5.88 Å². The average molecular weight is 451 g/mol. The lowest BCUT2D eigenvalue weighted by Crippen LogP contribution is -2.30. The van der Waals surface area contributed by atoms with Crippen LogP contribution in [0.4, 0.5) is 11.6 Å². The summed E-state index contributed by atoms with van der Waals surface area (Å²) in [4.78, 5) is 41.0. The van der Waals surface area contributed by atoms with Crippen molar-refractivity contribution in [2.24, 2.45) is 0 Å². The number of hydrogen-bond donors (Lipinski definition) is 1. The number of ketones is 1. The van der Waals surface area contributed by atoms with Crippen molar-refractivity contribution in [2.45, 2.75) is 45.6 Å². The van der Waals surface area contributed by atoms with Crippen LogP contribution in [0.2, 0.25) is 0 Å². The second-order valence-electron chi connectivity index (χ2n) is 8.76. The molecule has 0 aliphatic heterocycles. The van der Waals surface area contributed by atoms with E-state index in [0.29, 0.717) is 35.3 Å². The number of aromatic nitrogens is 4. The Morgan fingerprint density at radius 1 is 1.21 bits per heavy atom. The van der Waals surface area contributed by atoms with Gasteiger partial charge in [-0.2, -0.15) is 4.98 Å². The number of rotatable bonds is 8. The van der Waals surface area contributed by atoms with Gasteiger partial charge in [0.25, 0.3) is 5.56 Å². The molecule has 3 heterocycles. The zero-order valence-electron chi connectivity index (χ0n) is 19.6. The van der Waals surface area contributed by atoms with Crippen LogP contribution in [0.5, 0.6) is 5.88 Å². The van der Waals surface area contributed by atoms with Gasteiger partial charge in [-0.05, 0) is 52.4 Å². The minimum atomic E-state index is -0.259. The maximum Gasteiger partial charge on any atom is 0.263 e. The van der Waals surface area contributed by atoms with Gasteiger partial charge in [0.1, 0.15) is 12.3 Å². The van der Waals surface area contributed by atoms with Crippen molar-refractivity contribution in [3.05, 3.63) is 46.0 Å². The number of carbonyl (C=O) groups is 1. The molecular formula is C24H30N6O3. The molecule has 1 saturated carbocycles. The highest BCUT2D eigenvalue weighted by Crippen LogP contribution is 2.32. The molecule has 3 aromatic heterocycles. The number of nitrogens with one attached hydrogen (secondary N) is 1. The molecule has 0 radical (unpaired) electrons. The fraction of sp³-hybridized carbons (Fsp3) is 0.458. The Labute approximate surface area is 192 Å². The van der Waals surface area contributed by atoms with E-state index in [0.717, 1.165) is 37.6 Å². The predicted octanol–water partition coefficient (Wildman–Crippen LogP) is 3.50. The summed E-state index contributed by atoms with van der Waals surface area (Å²) in [6.45, 7) is 4.59. The molecule has 1 aliphatic carbocycles. The monoisotopic (exact) mass is 450 g/mol. The zero-order chi connectivity index (χ0) is 23.5. The van der Waals surface area contributed by atoms with Crippen molar-refractivity contribution >= 4 is 28.5 Å². The number of likely N-dealkylation sites (N-methyl/N-ethyl adjacent to an activating group) is 1. The van der Waals surface area contributed by atoms with Gasteiger partial charge in [0.05, 0.1) is 17.4 Å². The average Bonchev–Trinajstić information content (AvgIpc) is 3.29. The van der Waals surface area contributed by atoms with Crippen molar-refractivity contribution in [1.29, 1.82) is 0 Å². The van der Waals surface area contributed by atoms with Crippen LogP contribution in [-0.4, -0.2) is 57.4 Å². The molecule has 0 amide bonds. The first-order chi connectivity index (χ1) is 15.8. The molecule has 9 nitrogen and oxygen atoms in total. The quantitative estimate of drug-likeness (QED) is 0.520. The minimum Gasteiger partial charge on any atom is -0.476 e. The molecule has 1 aliphatic rings. The standard InChI is InChI=1S/C24H30N6O3/c1-15-19-14-26-24(27-17-9-10-20(25-13-17)33-12-11-29(3)4)28-22(19)30(18-7-5-6-8-18)23(32)21(15)16(2)31/h9-10,13-14,18H,5-8,11-12H2,1-4H3,(H,26,27,28). The van der Waals surface area contributed by atoms with Crippen LogP contribution in [0.25, 0.3) is 11.0 Å². The molecule has 0 unspecified atom stereocenters. The second-order valence-corrected chi connectivity index (χ2v) is 8.76. The van der Waals surface area contributed by atoms with E-state index >= 15 is 0 Å². The van der Waals surface area contributed by atoms with E-state index in [1.807, 2.05) is 25.1 Å². The van der Waals surface area contributed by atoms with Crippen LogP contribution in [0.1, 0.15) is 54.6 Å². The Kier molecular flexibility index (Phi) is 6.69. The number of carbonyl (C=O) groups excluding carboxylic acids is 1. The second kappa shape index (κ2) is 9.66. The molecular weight excluding hydrogens is 420 g/mol. The normalized spacial score (nSPS) is 14.2. The fourth-order valence-corrected chi connectivity index (χ4v) is 4.31. The number of pyridine rings is 2. The van der Waals surface area contributed by atoms with Gasteiger partial charge in [0.15, 0.2) is 5.78 Å². The molecule has 0 bridgehead atoms. The number of aryl methyl sites for hydroxylation is 1. The summed E-state index contributed by atoms with van der Waals surface area (Å²) in [6.07, 6.45) is 7.28. The summed E-state index contributed by atoms with van der Waals surface area (Å²) in [5.74, 6) is 0.684. The highest BCUT2D eigenvalue weighted by molar-refractivity contribution is 5.99. The lowest BCUT2D eigenvalue weighted by molar-refractivity contribution is 0.101. The van der Waals surface area contributed by atoms with Gasteiger partial charge in [0.2, 0.25) is 11.8 Å². The van der Waals surface area contributed by atoms with Gasteiger partial charge in [-0.1, -0.05) is 12.8 Å². The molecule has 1 N–H and O–H groups in total. The number of anilines is 2. The number of ether oxygens (including phenoxy) is 1. The van der Waals surface area contributed by atoms with Crippen molar-refractivity contribution in [3.63, 3.8) is 0 Å². The van der Waals surface area contributed by atoms with E-state index in [1.54, 1.807) is 30.0 Å². The number of Topliss-reactive ketones (excluding diaryl/α,β-unsaturated/α-hetero) is 1. The van der Waals surface area contributed by atoms with Gasteiger partial charge in [-0.15, -0.1) is 0 Å². The first kappa shape index (κ1) is 22.8. The Balaban J connectivity index is 1.66. The SMILES string of the molecule is CC(=O)c1c(C)c2cnc(Nc3ccc(OCCN(C)C)nc3)nc2n(C2CCCC2)c1=O. The molecule has 1 fully saturated rings. The maximum atomic E-state index is 13.3. The zero-order valence-corrected chi connectivity index (χ0v) is 19.6. The molecule has 0 saturated heterocycles. The first-order valence-corrected chi connectivity index (χ1v) is 11.3. The van der Waals surface area contributed by atoms with Crippen LogP contribution in [-0.2, 0) is 0 Å². The van der Waals surface area contributed by atoms with Crippen LogP contribution >= 0.6 is 0 Å². The number of fused-ring (bicyclic) bond motifs is 1. The van der Waals surface area contributed by atoms with Gasteiger partial charge in [-0.3, -0.25) is 14.2 Å². The summed E-state index contributed by atoms with van der Waals surface area (Å²) in [7, 11) is 3.98. The number of nitrogens with zero attached hydrogens (tertiary/aromatic N) is 5. The topological polar surface area (TPSA) is 102 Å². The summed E-state index contributed by atoms with van der Waals surface area (Å²) < 4.78 is 7.34. The molecule has 0 aromatic carbocycles.